The molecule has 0 spiro atoms. The Hall–Kier alpha value is -2.78. The van der Waals surface area contributed by atoms with Gasteiger partial charge in [0.2, 0.25) is 5.91 Å². The van der Waals surface area contributed by atoms with E-state index in [2.05, 4.69) is 0 Å². The highest BCUT2D eigenvalue weighted by Crippen LogP contribution is 2.20. The molecule has 8 heteroatoms. The van der Waals surface area contributed by atoms with Crippen LogP contribution in [-0.4, -0.2) is 53.8 Å². The lowest BCUT2D eigenvalue weighted by molar-refractivity contribution is -0.151. The molecule has 0 bridgehead atoms. The van der Waals surface area contributed by atoms with Gasteiger partial charge in [-0.3, -0.25) is 19.3 Å². The second kappa shape index (κ2) is 10.8. The Morgan fingerprint density at radius 2 is 1.33 bits per heavy atom. The number of carbonyl (C=O) groups excluding carboxylic acids is 2. The van der Waals surface area contributed by atoms with Crippen LogP contribution >= 0.6 is 0 Å². The molecule has 160 valence electrons. The number of hydroxylamine groups is 4. The lowest BCUT2D eigenvalue weighted by Gasteiger charge is -2.05. The number of carbonyl (C=O) groups is 2. The third kappa shape index (κ3) is 6.93. The van der Waals surface area contributed by atoms with Crippen LogP contribution in [0.3, 0.4) is 0 Å². The van der Waals surface area contributed by atoms with Crippen molar-refractivity contribution >= 4 is 11.9 Å². The van der Waals surface area contributed by atoms with Crippen LogP contribution in [0, 0.1) is 0 Å². The summed E-state index contributed by atoms with van der Waals surface area (Å²) in [4.78, 5) is 32.8. The highest BCUT2D eigenvalue weighted by atomic mass is 16.7. The van der Waals surface area contributed by atoms with E-state index in [0.717, 1.165) is 11.1 Å². The first kappa shape index (κ1) is 21.9. The molecule has 2 heterocycles. The maximum absolute atomic E-state index is 11.3. The molecule has 2 aliphatic rings. The van der Waals surface area contributed by atoms with Gasteiger partial charge in [0.15, 0.2) is 0 Å². The Morgan fingerprint density at radius 1 is 0.867 bits per heavy atom. The Morgan fingerprint density at radius 3 is 1.77 bits per heavy atom. The van der Waals surface area contributed by atoms with Crippen LogP contribution in [0.1, 0.15) is 18.1 Å². The molecule has 1 amide bonds. The fraction of sp³-hybridized carbons (Fsp3) is 0.364. The number of hydrogen-bond donors (Lipinski definition) is 1. The minimum Gasteiger partial charge on any atom is -0.465 e. The molecular weight excluding hydrogens is 386 g/mol. The number of ether oxygens (including phenoxy) is 1. The van der Waals surface area contributed by atoms with Crippen molar-refractivity contribution in [2.24, 2.45) is 5.73 Å². The molecule has 4 unspecified atom stereocenters. The number of nitrogens with zero attached hydrogens (tertiary/aromatic N) is 2. The lowest BCUT2D eigenvalue weighted by Crippen LogP contribution is -2.21. The SMILES string of the molecule is CCOC(=O)C1CN1OCc1ccccc1.NC(=O)C1CN1OCc1ccccc1. The summed E-state index contributed by atoms with van der Waals surface area (Å²) in [6.07, 6.45) is 0. The third-order valence-corrected chi connectivity index (χ3v) is 4.50. The molecule has 2 aliphatic heterocycles. The summed E-state index contributed by atoms with van der Waals surface area (Å²) in [6.45, 7) is 4.45. The summed E-state index contributed by atoms with van der Waals surface area (Å²) in [5.74, 6) is -0.520. The van der Waals surface area contributed by atoms with Crippen molar-refractivity contribution in [2.45, 2.75) is 32.2 Å². The van der Waals surface area contributed by atoms with E-state index >= 15 is 0 Å². The summed E-state index contributed by atoms with van der Waals surface area (Å²) >= 11 is 0. The Balaban J connectivity index is 0.000000172. The van der Waals surface area contributed by atoms with Crippen LogP contribution in [-0.2, 0) is 37.2 Å². The van der Waals surface area contributed by atoms with Crippen molar-refractivity contribution in [3.63, 3.8) is 0 Å². The molecule has 4 atom stereocenters. The van der Waals surface area contributed by atoms with Gasteiger partial charge in [-0.05, 0) is 18.1 Å². The average molecular weight is 413 g/mol. The van der Waals surface area contributed by atoms with Crippen molar-refractivity contribution in [2.75, 3.05) is 19.7 Å². The van der Waals surface area contributed by atoms with Crippen LogP contribution in [0.5, 0.6) is 0 Å². The van der Waals surface area contributed by atoms with Gasteiger partial charge in [0.1, 0.15) is 12.1 Å². The Bertz CT molecular complexity index is 818. The number of nitrogens with two attached hydrogens (primary N) is 1. The molecule has 0 aromatic heterocycles. The monoisotopic (exact) mass is 413 g/mol. The van der Waals surface area contributed by atoms with Gasteiger partial charge in [0.05, 0.1) is 32.9 Å². The molecule has 0 aliphatic carbocycles. The smallest absolute Gasteiger partial charge is 0.327 e. The molecular formula is C22H27N3O5. The predicted octanol–water partition coefficient (Wildman–Crippen LogP) is 1.65. The van der Waals surface area contributed by atoms with E-state index in [1.54, 1.807) is 17.1 Å². The van der Waals surface area contributed by atoms with E-state index < -0.39 is 0 Å². The average Bonchev–Trinajstić information content (AvgIpc) is 3.68. The first-order valence-electron chi connectivity index (χ1n) is 9.91. The number of hydrogen-bond acceptors (Lipinski definition) is 7. The first-order chi connectivity index (χ1) is 14.6. The molecule has 0 saturated carbocycles. The van der Waals surface area contributed by atoms with Gasteiger partial charge in [0, 0.05) is 0 Å². The minimum absolute atomic E-state index is 0.199. The molecule has 2 aromatic carbocycles. The molecule has 0 radical (unpaired) electrons. The van der Waals surface area contributed by atoms with E-state index in [1.807, 2.05) is 60.7 Å². The van der Waals surface area contributed by atoms with Crippen LogP contribution in [0.25, 0.3) is 0 Å². The summed E-state index contributed by atoms with van der Waals surface area (Å²) in [5, 5.41) is 3.24. The molecule has 2 saturated heterocycles. The summed E-state index contributed by atoms with van der Waals surface area (Å²) in [5.41, 5.74) is 7.28. The number of benzene rings is 2. The first-order valence-corrected chi connectivity index (χ1v) is 9.91. The van der Waals surface area contributed by atoms with Crippen molar-refractivity contribution in [1.29, 1.82) is 0 Å². The molecule has 2 aromatic rings. The van der Waals surface area contributed by atoms with Gasteiger partial charge in [0.25, 0.3) is 0 Å². The highest BCUT2D eigenvalue weighted by molar-refractivity contribution is 5.82. The molecule has 2 N–H and O–H groups in total. The van der Waals surface area contributed by atoms with Crippen LogP contribution < -0.4 is 5.73 Å². The van der Waals surface area contributed by atoms with E-state index in [1.165, 1.54) is 0 Å². The zero-order chi connectivity index (χ0) is 21.3. The van der Waals surface area contributed by atoms with Crippen LogP contribution in [0.4, 0.5) is 0 Å². The van der Waals surface area contributed by atoms with E-state index in [0.29, 0.717) is 32.9 Å². The normalized spacial score (nSPS) is 23.6. The van der Waals surface area contributed by atoms with Crippen molar-refractivity contribution in [3.05, 3.63) is 71.8 Å². The summed E-state index contributed by atoms with van der Waals surface area (Å²) in [7, 11) is 0. The second-order valence-corrected chi connectivity index (χ2v) is 6.90. The number of amides is 1. The van der Waals surface area contributed by atoms with Crippen LogP contribution in [0.15, 0.2) is 60.7 Å². The maximum atomic E-state index is 11.3. The van der Waals surface area contributed by atoms with Crippen molar-refractivity contribution < 1.29 is 24.0 Å². The second-order valence-electron chi connectivity index (χ2n) is 6.90. The van der Waals surface area contributed by atoms with Crippen molar-refractivity contribution in [1.82, 2.24) is 10.1 Å². The Kier molecular flexibility index (Phi) is 7.92. The van der Waals surface area contributed by atoms with Crippen LogP contribution in [0.2, 0.25) is 0 Å². The zero-order valence-corrected chi connectivity index (χ0v) is 17.0. The lowest BCUT2D eigenvalue weighted by atomic mass is 10.2. The fourth-order valence-corrected chi connectivity index (χ4v) is 2.66. The van der Waals surface area contributed by atoms with Gasteiger partial charge >= 0.3 is 5.97 Å². The van der Waals surface area contributed by atoms with E-state index in [-0.39, 0.29) is 24.0 Å². The maximum Gasteiger partial charge on any atom is 0.327 e. The summed E-state index contributed by atoms with van der Waals surface area (Å²) < 4.78 is 4.89. The fourth-order valence-electron chi connectivity index (χ4n) is 2.66. The molecule has 8 nitrogen and oxygen atoms in total. The number of rotatable bonds is 9. The number of esters is 1. The quantitative estimate of drug-likeness (QED) is 0.493. The van der Waals surface area contributed by atoms with Crippen molar-refractivity contribution in [3.8, 4) is 0 Å². The summed E-state index contributed by atoms with van der Waals surface area (Å²) in [6, 6.07) is 19.2. The van der Waals surface area contributed by atoms with Gasteiger partial charge < -0.3 is 10.5 Å². The zero-order valence-electron chi connectivity index (χ0n) is 17.0. The van der Waals surface area contributed by atoms with Gasteiger partial charge in [-0.2, -0.15) is 10.1 Å². The molecule has 4 rings (SSSR count). The van der Waals surface area contributed by atoms with E-state index in [9.17, 15) is 9.59 Å². The number of primary amides is 1. The van der Waals surface area contributed by atoms with Gasteiger partial charge in [-0.1, -0.05) is 60.7 Å². The molecule has 30 heavy (non-hydrogen) atoms. The van der Waals surface area contributed by atoms with Gasteiger partial charge in [-0.25, -0.2) is 0 Å². The standard InChI is InChI=1S/C12H15NO3.C10H12N2O2/c1-2-15-12(14)11-8-13(11)16-9-10-6-4-3-5-7-10;11-10(13)9-6-12(9)14-7-8-4-2-1-3-5-8/h3-7,11H,2,8-9H2,1H3;1-5,9H,6-7H2,(H2,11,13). The van der Waals surface area contributed by atoms with E-state index in [4.69, 9.17) is 20.1 Å². The predicted molar refractivity (Wildman–Crippen MR) is 109 cm³/mol. The van der Waals surface area contributed by atoms with Gasteiger partial charge in [-0.15, -0.1) is 0 Å². The third-order valence-electron chi connectivity index (χ3n) is 4.50. The highest BCUT2D eigenvalue weighted by Gasteiger charge is 2.43. The molecule has 2 fully saturated rings. The largest absolute Gasteiger partial charge is 0.465 e. The topological polar surface area (TPSA) is 93.9 Å². The minimum atomic E-state index is -0.321. The Labute approximate surface area is 176 Å².